The third-order valence-electron chi connectivity index (χ3n) is 5.94. The minimum Gasteiger partial charge on any atom is -0.492 e. The average molecular weight is 573 g/mol. The van der Waals surface area contributed by atoms with Gasteiger partial charge in [0, 0.05) is 41.3 Å². The van der Waals surface area contributed by atoms with E-state index >= 15 is 0 Å². The second-order valence-electron chi connectivity index (χ2n) is 10.6. The second kappa shape index (κ2) is 10.1. The lowest BCUT2D eigenvalue weighted by molar-refractivity contribution is 0.198. The maximum absolute atomic E-state index is 13.6. The van der Waals surface area contributed by atoms with E-state index in [1.165, 1.54) is 4.68 Å². The Morgan fingerprint density at radius 1 is 1.08 bits per heavy atom. The fourth-order valence-electron chi connectivity index (χ4n) is 3.96. The molecule has 0 aliphatic carbocycles. The molecule has 0 bridgehead atoms. The van der Waals surface area contributed by atoms with Crippen LogP contribution in [0.3, 0.4) is 0 Å². The highest BCUT2D eigenvalue weighted by molar-refractivity contribution is 9.10. The summed E-state index contributed by atoms with van der Waals surface area (Å²) in [5, 5.41) is 5.99. The summed E-state index contributed by atoms with van der Waals surface area (Å²) in [4.78, 5) is 20.4. The average Bonchev–Trinajstić information content (AvgIpc) is 3.29. The molecule has 8 heteroatoms. The van der Waals surface area contributed by atoms with E-state index in [0.717, 1.165) is 21.1 Å². The van der Waals surface area contributed by atoms with Crippen LogP contribution < -0.4 is 15.2 Å². The van der Waals surface area contributed by atoms with Gasteiger partial charge in [-0.05, 0) is 53.9 Å². The van der Waals surface area contributed by atoms with Gasteiger partial charge in [0.1, 0.15) is 11.3 Å². The summed E-state index contributed by atoms with van der Waals surface area (Å²) in [5.74, 6) is 1.46. The van der Waals surface area contributed by atoms with Crippen LogP contribution in [0.15, 0.2) is 85.5 Å². The molecular formula is C30H29BrN4O3. The number of anilines is 1. The molecule has 0 saturated carbocycles. The lowest BCUT2D eigenvalue weighted by Gasteiger charge is -2.21. The van der Waals surface area contributed by atoms with Crippen molar-refractivity contribution in [2.45, 2.75) is 20.8 Å². The molecule has 0 atom stereocenters. The van der Waals surface area contributed by atoms with Gasteiger partial charge in [0.15, 0.2) is 5.76 Å². The van der Waals surface area contributed by atoms with Crippen molar-refractivity contribution in [1.82, 2.24) is 9.66 Å². The minimum absolute atomic E-state index is 0.0226. The van der Waals surface area contributed by atoms with Gasteiger partial charge >= 0.3 is 0 Å². The van der Waals surface area contributed by atoms with Gasteiger partial charge in [-0.25, -0.2) is 4.98 Å². The van der Waals surface area contributed by atoms with Gasteiger partial charge in [0.2, 0.25) is 5.82 Å². The number of nitrogens with zero attached hydrogens (tertiary/aromatic N) is 4. The first-order chi connectivity index (χ1) is 18.1. The number of furan rings is 1. The summed E-state index contributed by atoms with van der Waals surface area (Å²) in [6.45, 7) is 6.89. The fraction of sp³-hybridized carbons (Fsp3) is 0.233. The largest absolute Gasteiger partial charge is 0.492 e. The third-order valence-corrected chi connectivity index (χ3v) is 6.43. The molecule has 0 aliphatic heterocycles. The first-order valence-electron chi connectivity index (χ1n) is 12.3. The van der Waals surface area contributed by atoms with Crippen LogP contribution in [-0.2, 0) is 0 Å². The Morgan fingerprint density at radius 3 is 2.63 bits per heavy atom. The van der Waals surface area contributed by atoms with Crippen LogP contribution in [0.25, 0.3) is 33.5 Å². The van der Waals surface area contributed by atoms with Crippen molar-refractivity contribution in [2.75, 3.05) is 25.6 Å². The minimum atomic E-state index is -0.287. The van der Waals surface area contributed by atoms with E-state index in [-0.39, 0.29) is 11.0 Å². The van der Waals surface area contributed by atoms with E-state index in [1.807, 2.05) is 79.7 Å². The van der Waals surface area contributed by atoms with Gasteiger partial charge in [0.25, 0.3) is 5.56 Å². The first-order valence-corrected chi connectivity index (χ1v) is 13.1. The molecular weight excluding hydrogens is 544 g/mol. The predicted molar refractivity (Wildman–Crippen MR) is 158 cm³/mol. The maximum Gasteiger partial charge on any atom is 0.282 e. The van der Waals surface area contributed by atoms with Crippen molar-refractivity contribution in [3.05, 3.63) is 87.1 Å². The van der Waals surface area contributed by atoms with Crippen LogP contribution in [0.1, 0.15) is 26.3 Å². The van der Waals surface area contributed by atoms with Gasteiger partial charge in [0.05, 0.1) is 23.7 Å². The van der Waals surface area contributed by atoms with Crippen molar-refractivity contribution in [3.63, 3.8) is 0 Å². The molecule has 3 aromatic carbocycles. The molecule has 0 radical (unpaired) electrons. The zero-order valence-electron chi connectivity index (χ0n) is 22.0. The number of benzene rings is 3. The molecule has 0 aliphatic rings. The Labute approximate surface area is 229 Å². The van der Waals surface area contributed by atoms with Gasteiger partial charge < -0.3 is 14.1 Å². The van der Waals surface area contributed by atoms with E-state index in [1.54, 1.807) is 12.3 Å². The Hall–Kier alpha value is -3.91. The van der Waals surface area contributed by atoms with Gasteiger partial charge in [-0.1, -0.05) is 48.8 Å². The SMILES string of the molecule is CN(C)c1ccc(C=Nn2c(-c3cc4cc(Br)ccc4o3)nc3ccccc3c2=O)c(OCC(C)(C)C)c1. The van der Waals surface area contributed by atoms with Crippen molar-refractivity contribution in [3.8, 4) is 17.3 Å². The number of fused-ring (bicyclic) bond motifs is 2. The summed E-state index contributed by atoms with van der Waals surface area (Å²) in [7, 11) is 3.96. The Bertz CT molecular complexity index is 1730. The molecule has 5 rings (SSSR count). The van der Waals surface area contributed by atoms with Crippen molar-refractivity contribution in [1.29, 1.82) is 0 Å². The number of ether oxygens (including phenoxy) is 1. The molecule has 0 N–H and O–H groups in total. The number of hydrogen-bond donors (Lipinski definition) is 0. The zero-order chi connectivity index (χ0) is 27.0. The molecule has 194 valence electrons. The highest BCUT2D eigenvalue weighted by Gasteiger charge is 2.17. The van der Waals surface area contributed by atoms with Crippen LogP contribution in [0.5, 0.6) is 5.75 Å². The monoisotopic (exact) mass is 572 g/mol. The molecule has 0 spiro atoms. The summed E-state index contributed by atoms with van der Waals surface area (Å²) in [5.41, 5.74) is 2.71. The normalized spacial score (nSPS) is 12.1. The van der Waals surface area contributed by atoms with Crippen molar-refractivity contribution in [2.24, 2.45) is 10.5 Å². The summed E-state index contributed by atoms with van der Waals surface area (Å²) in [6, 6.07) is 20.7. The van der Waals surface area contributed by atoms with Crippen molar-refractivity contribution < 1.29 is 9.15 Å². The number of hydrogen-bond acceptors (Lipinski definition) is 6. The van der Waals surface area contributed by atoms with E-state index in [9.17, 15) is 4.79 Å². The lowest BCUT2D eigenvalue weighted by atomic mass is 9.98. The van der Waals surface area contributed by atoms with E-state index in [2.05, 4.69) is 41.8 Å². The fourth-order valence-corrected chi connectivity index (χ4v) is 4.34. The lowest BCUT2D eigenvalue weighted by Crippen LogP contribution is -2.20. The molecule has 0 amide bonds. The topological polar surface area (TPSA) is 72.9 Å². The number of para-hydroxylation sites is 1. The third kappa shape index (κ3) is 5.36. The quantitative estimate of drug-likeness (QED) is 0.206. The molecule has 5 aromatic rings. The first kappa shape index (κ1) is 25.7. The van der Waals surface area contributed by atoms with Crippen LogP contribution in [0.4, 0.5) is 5.69 Å². The number of halogens is 1. The number of aromatic nitrogens is 2. The van der Waals surface area contributed by atoms with Crippen LogP contribution in [0.2, 0.25) is 0 Å². The summed E-state index contributed by atoms with van der Waals surface area (Å²) < 4.78 is 14.5. The van der Waals surface area contributed by atoms with Gasteiger partial charge in [-0.15, -0.1) is 0 Å². The zero-order valence-corrected chi connectivity index (χ0v) is 23.6. The smallest absolute Gasteiger partial charge is 0.282 e. The molecule has 0 fully saturated rings. The molecule has 38 heavy (non-hydrogen) atoms. The maximum atomic E-state index is 13.6. The predicted octanol–water partition coefficient (Wildman–Crippen LogP) is 6.95. The van der Waals surface area contributed by atoms with Crippen LogP contribution >= 0.6 is 15.9 Å². The van der Waals surface area contributed by atoms with E-state index < -0.39 is 0 Å². The Balaban J connectivity index is 1.65. The summed E-state index contributed by atoms with van der Waals surface area (Å²) >= 11 is 3.50. The van der Waals surface area contributed by atoms with Gasteiger partial charge in [-0.3, -0.25) is 4.79 Å². The van der Waals surface area contributed by atoms with Crippen LogP contribution in [-0.4, -0.2) is 36.6 Å². The molecule has 2 aromatic heterocycles. The van der Waals surface area contributed by atoms with Gasteiger partial charge in [-0.2, -0.15) is 9.78 Å². The molecule has 7 nitrogen and oxygen atoms in total. The van der Waals surface area contributed by atoms with E-state index in [0.29, 0.717) is 40.4 Å². The Morgan fingerprint density at radius 2 is 1.87 bits per heavy atom. The standard InChI is InChI=1S/C30H29BrN4O3/c1-30(2,3)18-37-26-16-22(34(4)5)12-10-19(26)17-32-35-28(33-24-9-7-6-8-23(24)29(35)36)27-15-20-14-21(31)11-13-25(20)38-27/h6-17H,18H2,1-5H3. The molecule has 0 saturated heterocycles. The molecule has 0 unspecified atom stereocenters. The highest BCUT2D eigenvalue weighted by Crippen LogP contribution is 2.30. The molecule has 2 heterocycles. The highest BCUT2D eigenvalue weighted by atomic mass is 79.9. The Kier molecular flexibility index (Phi) is 6.84. The second-order valence-corrected chi connectivity index (χ2v) is 11.5. The number of rotatable bonds is 6. The summed E-state index contributed by atoms with van der Waals surface area (Å²) in [6.07, 6.45) is 1.64. The van der Waals surface area contributed by atoms with Crippen LogP contribution in [0, 0.1) is 5.41 Å². The van der Waals surface area contributed by atoms with E-state index in [4.69, 9.17) is 14.1 Å². The van der Waals surface area contributed by atoms with Crippen molar-refractivity contribution >= 4 is 49.7 Å².